The topological polar surface area (TPSA) is 70.7 Å². The molecule has 2 amide bonds. The minimum atomic E-state index is -0.0496. The predicted molar refractivity (Wildman–Crippen MR) is 76.9 cm³/mol. The van der Waals surface area contributed by atoms with E-state index in [9.17, 15) is 9.59 Å². The lowest BCUT2D eigenvalue weighted by atomic mass is 10.0. The molecule has 2 aliphatic rings. The van der Waals surface area contributed by atoms with Crippen LogP contribution in [0.1, 0.15) is 18.0 Å². The summed E-state index contributed by atoms with van der Waals surface area (Å²) in [5.74, 6) is 0.767. The Hall–Kier alpha value is -2.08. The number of nitrogens with one attached hydrogen (secondary N) is 2. The first-order valence-corrected chi connectivity index (χ1v) is 7.22. The van der Waals surface area contributed by atoms with Crippen LogP contribution in [0.15, 0.2) is 24.3 Å². The van der Waals surface area contributed by atoms with Crippen molar-refractivity contribution in [3.05, 3.63) is 29.8 Å². The van der Waals surface area contributed by atoms with Gasteiger partial charge < -0.3 is 15.4 Å². The van der Waals surface area contributed by atoms with Crippen LogP contribution in [-0.4, -0.2) is 49.5 Å². The van der Waals surface area contributed by atoms with Gasteiger partial charge in [0.1, 0.15) is 5.75 Å². The van der Waals surface area contributed by atoms with Crippen LogP contribution in [0.25, 0.3) is 0 Å². The number of amides is 2. The molecule has 0 aromatic heterocycles. The van der Waals surface area contributed by atoms with E-state index in [0.717, 1.165) is 17.7 Å². The van der Waals surface area contributed by atoms with Gasteiger partial charge in [0.15, 0.2) is 0 Å². The molecule has 1 aromatic carbocycles. The van der Waals surface area contributed by atoms with E-state index in [1.807, 2.05) is 29.2 Å². The first-order valence-electron chi connectivity index (χ1n) is 7.22. The molecule has 0 spiro atoms. The second-order valence-electron chi connectivity index (χ2n) is 5.36. The number of fused-ring (bicyclic) bond motifs is 1. The molecule has 1 fully saturated rings. The van der Waals surface area contributed by atoms with Gasteiger partial charge in [-0.15, -0.1) is 0 Å². The van der Waals surface area contributed by atoms with Gasteiger partial charge in [-0.2, -0.15) is 0 Å². The number of rotatable bonds is 3. The van der Waals surface area contributed by atoms with E-state index in [0.29, 0.717) is 19.7 Å². The van der Waals surface area contributed by atoms with Crippen molar-refractivity contribution < 1.29 is 14.3 Å². The number of hydrogen-bond donors (Lipinski definition) is 2. The average molecular weight is 289 g/mol. The number of nitrogens with zero attached hydrogens (tertiary/aromatic N) is 1. The number of hydrogen-bond acceptors (Lipinski definition) is 4. The van der Waals surface area contributed by atoms with Crippen LogP contribution in [0.5, 0.6) is 5.75 Å². The zero-order valence-electron chi connectivity index (χ0n) is 11.8. The molecular formula is C15H19N3O3. The lowest BCUT2D eigenvalue weighted by Crippen LogP contribution is -2.51. The molecule has 6 nitrogen and oxygen atoms in total. The van der Waals surface area contributed by atoms with Gasteiger partial charge in [-0.25, -0.2) is 0 Å². The van der Waals surface area contributed by atoms with E-state index in [1.54, 1.807) is 0 Å². The van der Waals surface area contributed by atoms with Gasteiger partial charge in [-0.1, -0.05) is 18.2 Å². The summed E-state index contributed by atoms with van der Waals surface area (Å²) in [6.07, 6.45) is 0.767. The van der Waals surface area contributed by atoms with Crippen molar-refractivity contribution in [2.45, 2.75) is 12.5 Å². The SMILES string of the molecule is O=C1CN(CC(=O)N[C@@H]2CCOc3ccccc32)CCN1. The molecule has 21 heavy (non-hydrogen) atoms. The summed E-state index contributed by atoms with van der Waals surface area (Å²) >= 11 is 0. The van der Waals surface area contributed by atoms with Crippen molar-refractivity contribution in [2.75, 3.05) is 32.8 Å². The van der Waals surface area contributed by atoms with Crippen LogP contribution < -0.4 is 15.4 Å². The molecule has 0 aliphatic carbocycles. The van der Waals surface area contributed by atoms with Gasteiger partial charge in [0.2, 0.25) is 11.8 Å². The standard InChI is InChI=1S/C15H19N3O3/c19-14-9-18(7-6-16-14)10-15(20)17-12-5-8-21-13-4-2-1-3-11(12)13/h1-4,12H,5-10H2,(H,16,19)(H,17,20)/t12-/m1/s1. The fraction of sp³-hybridized carbons (Fsp3) is 0.467. The zero-order chi connectivity index (χ0) is 14.7. The molecule has 112 valence electrons. The van der Waals surface area contributed by atoms with Crippen molar-refractivity contribution >= 4 is 11.8 Å². The van der Waals surface area contributed by atoms with Crippen molar-refractivity contribution in [3.8, 4) is 5.75 Å². The zero-order valence-corrected chi connectivity index (χ0v) is 11.8. The Balaban J connectivity index is 1.59. The summed E-state index contributed by atoms with van der Waals surface area (Å²) < 4.78 is 5.58. The molecular weight excluding hydrogens is 270 g/mol. The quantitative estimate of drug-likeness (QED) is 0.825. The highest BCUT2D eigenvalue weighted by Crippen LogP contribution is 2.31. The Labute approximate surface area is 123 Å². The molecule has 3 rings (SSSR count). The van der Waals surface area contributed by atoms with E-state index in [-0.39, 0.29) is 30.9 Å². The number of para-hydroxylation sites is 1. The van der Waals surface area contributed by atoms with Crippen molar-refractivity contribution in [1.82, 2.24) is 15.5 Å². The molecule has 0 saturated carbocycles. The molecule has 0 radical (unpaired) electrons. The normalized spacial score (nSPS) is 21.9. The summed E-state index contributed by atoms with van der Waals surface area (Å²) in [6.45, 7) is 2.47. The van der Waals surface area contributed by atoms with Crippen LogP contribution in [-0.2, 0) is 9.59 Å². The Morgan fingerprint density at radius 3 is 3.14 bits per heavy atom. The highest BCUT2D eigenvalue weighted by Gasteiger charge is 2.24. The van der Waals surface area contributed by atoms with Gasteiger partial charge in [0.05, 0.1) is 25.7 Å². The third kappa shape index (κ3) is 3.33. The Kier molecular flexibility index (Phi) is 4.06. The first kappa shape index (κ1) is 13.9. The molecule has 1 atom stereocenters. The van der Waals surface area contributed by atoms with Gasteiger partial charge in [0, 0.05) is 25.1 Å². The van der Waals surface area contributed by atoms with Crippen molar-refractivity contribution in [1.29, 1.82) is 0 Å². The van der Waals surface area contributed by atoms with Gasteiger partial charge >= 0.3 is 0 Å². The lowest BCUT2D eigenvalue weighted by Gasteiger charge is -2.29. The highest BCUT2D eigenvalue weighted by molar-refractivity contribution is 5.82. The minimum absolute atomic E-state index is 0.0129. The second-order valence-corrected chi connectivity index (χ2v) is 5.36. The molecule has 1 aromatic rings. The maximum atomic E-state index is 12.2. The smallest absolute Gasteiger partial charge is 0.234 e. The van der Waals surface area contributed by atoms with E-state index in [4.69, 9.17) is 4.74 Å². The fourth-order valence-corrected chi connectivity index (χ4v) is 2.76. The molecule has 0 unspecified atom stereocenters. The summed E-state index contributed by atoms with van der Waals surface area (Å²) in [4.78, 5) is 25.3. The van der Waals surface area contributed by atoms with E-state index < -0.39 is 0 Å². The monoisotopic (exact) mass is 289 g/mol. The van der Waals surface area contributed by atoms with Gasteiger partial charge in [-0.05, 0) is 6.07 Å². The third-order valence-electron chi connectivity index (χ3n) is 3.78. The van der Waals surface area contributed by atoms with Crippen molar-refractivity contribution in [2.24, 2.45) is 0 Å². The second kappa shape index (κ2) is 6.13. The first-order chi connectivity index (χ1) is 10.2. The van der Waals surface area contributed by atoms with E-state index >= 15 is 0 Å². The Morgan fingerprint density at radius 2 is 2.29 bits per heavy atom. The molecule has 0 bridgehead atoms. The Morgan fingerprint density at radius 1 is 1.43 bits per heavy atom. The lowest BCUT2D eigenvalue weighted by molar-refractivity contribution is -0.127. The van der Waals surface area contributed by atoms with Crippen LogP contribution >= 0.6 is 0 Å². The Bertz CT molecular complexity index is 547. The van der Waals surface area contributed by atoms with Gasteiger partial charge in [-0.3, -0.25) is 14.5 Å². The van der Waals surface area contributed by atoms with Crippen molar-refractivity contribution in [3.63, 3.8) is 0 Å². The largest absolute Gasteiger partial charge is 0.493 e. The molecule has 6 heteroatoms. The third-order valence-corrected chi connectivity index (χ3v) is 3.78. The number of benzene rings is 1. The molecule has 2 N–H and O–H groups in total. The number of carbonyl (C=O) groups excluding carboxylic acids is 2. The summed E-state index contributed by atoms with van der Waals surface area (Å²) in [5.41, 5.74) is 1.02. The number of ether oxygens (including phenoxy) is 1. The number of carbonyl (C=O) groups is 2. The number of piperazine rings is 1. The molecule has 2 aliphatic heterocycles. The molecule has 1 saturated heterocycles. The fourth-order valence-electron chi connectivity index (χ4n) is 2.76. The van der Waals surface area contributed by atoms with Crippen LogP contribution in [0, 0.1) is 0 Å². The van der Waals surface area contributed by atoms with E-state index in [1.165, 1.54) is 0 Å². The van der Waals surface area contributed by atoms with Crippen LogP contribution in [0.2, 0.25) is 0 Å². The highest BCUT2D eigenvalue weighted by atomic mass is 16.5. The van der Waals surface area contributed by atoms with Gasteiger partial charge in [0.25, 0.3) is 0 Å². The van der Waals surface area contributed by atoms with E-state index in [2.05, 4.69) is 10.6 Å². The minimum Gasteiger partial charge on any atom is -0.493 e. The summed E-state index contributed by atoms with van der Waals surface area (Å²) in [5, 5.41) is 5.80. The average Bonchev–Trinajstić information content (AvgIpc) is 2.47. The summed E-state index contributed by atoms with van der Waals surface area (Å²) in [7, 11) is 0. The predicted octanol–water partition coefficient (Wildman–Crippen LogP) is 0.0582. The summed E-state index contributed by atoms with van der Waals surface area (Å²) in [6, 6.07) is 7.76. The van der Waals surface area contributed by atoms with Crippen LogP contribution in [0.3, 0.4) is 0 Å². The maximum absolute atomic E-state index is 12.2. The molecule has 2 heterocycles. The maximum Gasteiger partial charge on any atom is 0.234 e. The van der Waals surface area contributed by atoms with Crippen LogP contribution in [0.4, 0.5) is 0 Å².